The Bertz CT molecular complexity index is 742. The summed E-state index contributed by atoms with van der Waals surface area (Å²) in [5.74, 6) is -0.889. The molecule has 0 bridgehead atoms. The van der Waals surface area contributed by atoms with Crippen molar-refractivity contribution in [1.82, 2.24) is 5.32 Å². The first kappa shape index (κ1) is 44.8. The maximum atomic E-state index is 6.57. The number of unbranched alkanes of at least 4 members (excludes halogenated alkanes) is 18. The van der Waals surface area contributed by atoms with Crippen LogP contribution >= 0.6 is 0 Å². The predicted octanol–water partition coefficient (Wildman–Crippen LogP) is 13.5. The Morgan fingerprint density at radius 3 is 1.46 bits per heavy atom. The highest BCUT2D eigenvalue weighted by Gasteiger charge is 2.40. The van der Waals surface area contributed by atoms with Gasteiger partial charge in [-0.05, 0) is 97.1 Å². The van der Waals surface area contributed by atoms with Gasteiger partial charge in [-0.25, -0.2) is 0 Å². The van der Waals surface area contributed by atoms with Gasteiger partial charge >= 0.3 is 0 Å². The zero-order valence-corrected chi connectivity index (χ0v) is 32.5. The zero-order chi connectivity index (χ0) is 34.6. The first-order valence-corrected chi connectivity index (χ1v) is 20.9. The van der Waals surface area contributed by atoms with Crippen molar-refractivity contribution in [3.05, 3.63) is 48.6 Å². The van der Waals surface area contributed by atoms with Gasteiger partial charge in [-0.2, -0.15) is 0 Å². The fourth-order valence-corrected chi connectivity index (χ4v) is 6.41. The van der Waals surface area contributed by atoms with E-state index in [1.54, 1.807) is 0 Å². The molecular formula is C44H81NO3. The van der Waals surface area contributed by atoms with Crippen molar-refractivity contribution < 1.29 is 14.2 Å². The highest BCUT2D eigenvalue weighted by Crippen LogP contribution is 2.30. The van der Waals surface area contributed by atoms with Crippen molar-refractivity contribution in [2.45, 2.75) is 212 Å². The topological polar surface area (TPSA) is 39.7 Å². The number of rotatable bonds is 35. The van der Waals surface area contributed by atoms with Crippen molar-refractivity contribution >= 4 is 0 Å². The molecule has 0 spiro atoms. The number of ether oxygens (including phenoxy) is 3. The second-order valence-corrected chi connectivity index (χ2v) is 14.3. The van der Waals surface area contributed by atoms with E-state index in [-0.39, 0.29) is 12.2 Å². The molecule has 4 heteroatoms. The summed E-state index contributed by atoms with van der Waals surface area (Å²) >= 11 is 0. The van der Waals surface area contributed by atoms with Crippen LogP contribution in [0.25, 0.3) is 0 Å². The van der Waals surface area contributed by atoms with Gasteiger partial charge in [-0.3, -0.25) is 0 Å². The summed E-state index contributed by atoms with van der Waals surface area (Å²) in [4.78, 5) is 0. The van der Waals surface area contributed by atoms with E-state index in [9.17, 15) is 0 Å². The fraction of sp³-hybridized carbons (Fsp3) is 0.818. The molecule has 1 heterocycles. The van der Waals surface area contributed by atoms with Crippen LogP contribution in [-0.4, -0.2) is 38.4 Å². The second-order valence-electron chi connectivity index (χ2n) is 14.3. The largest absolute Gasteiger partial charge is 0.325 e. The molecule has 1 fully saturated rings. The fourth-order valence-electron chi connectivity index (χ4n) is 6.41. The standard InChI is InChI=1S/C44H81NO3/c1-5-7-9-11-13-15-17-19-21-23-25-27-29-31-33-35-37-42(47-44(3)46-41-43(48-44)39-40-45-4)38-36-34-32-30-28-26-24-22-20-18-16-14-12-10-8-6-2/h13-16,19-22,42-43,45H,5-12,17-18,23-41H2,1-4H3/b15-13-,16-14-,21-19-,22-20-. The number of nitrogens with one attached hydrogen (secondary N) is 1. The number of allylic oxidation sites excluding steroid dienone is 8. The van der Waals surface area contributed by atoms with Crippen LogP contribution < -0.4 is 5.32 Å². The molecular weight excluding hydrogens is 590 g/mol. The molecule has 0 saturated carbocycles. The van der Waals surface area contributed by atoms with Gasteiger partial charge in [0.25, 0.3) is 5.97 Å². The van der Waals surface area contributed by atoms with Gasteiger partial charge < -0.3 is 19.5 Å². The molecule has 1 aliphatic rings. The van der Waals surface area contributed by atoms with Gasteiger partial charge in [-0.1, -0.05) is 152 Å². The molecule has 48 heavy (non-hydrogen) atoms. The summed E-state index contributed by atoms with van der Waals surface area (Å²) in [7, 11) is 1.99. The van der Waals surface area contributed by atoms with E-state index in [2.05, 4.69) is 67.8 Å². The second kappa shape index (κ2) is 34.3. The van der Waals surface area contributed by atoms with E-state index in [1.165, 1.54) is 141 Å². The highest BCUT2D eigenvalue weighted by atomic mass is 16.9. The molecule has 1 aliphatic heterocycles. The molecule has 0 amide bonds. The molecule has 0 aliphatic carbocycles. The van der Waals surface area contributed by atoms with Crippen LogP contribution in [0.5, 0.6) is 0 Å². The molecule has 0 aromatic rings. The van der Waals surface area contributed by atoms with Crippen molar-refractivity contribution in [3.8, 4) is 0 Å². The summed E-state index contributed by atoms with van der Waals surface area (Å²) in [6, 6.07) is 0. The quantitative estimate of drug-likeness (QED) is 0.0538. The van der Waals surface area contributed by atoms with Gasteiger partial charge in [0.15, 0.2) is 0 Å². The third-order valence-corrected chi connectivity index (χ3v) is 9.46. The Hall–Kier alpha value is -1.20. The SMILES string of the molecule is CCCCC/C=C\C/C=C\CCCCCCCCC(CCCCCCCC/C=C\C/C=C\CCCCC)OC1(C)OCC(CCNC)O1. The monoisotopic (exact) mass is 672 g/mol. The number of hydrogen-bond acceptors (Lipinski definition) is 4. The summed E-state index contributed by atoms with van der Waals surface area (Å²) in [6.07, 6.45) is 53.2. The first-order valence-electron chi connectivity index (χ1n) is 20.9. The van der Waals surface area contributed by atoms with E-state index in [1.807, 2.05) is 14.0 Å². The lowest BCUT2D eigenvalue weighted by molar-refractivity contribution is -0.343. The predicted molar refractivity (Wildman–Crippen MR) is 211 cm³/mol. The van der Waals surface area contributed by atoms with E-state index in [0.717, 1.165) is 38.6 Å². The summed E-state index contributed by atoms with van der Waals surface area (Å²) in [5.41, 5.74) is 0. The molecule has 0 aromatic heterocycles. The van der Waals surface area contributed by atoms with Crippen LogP contribution in [0.2, 0.25) is 0 Å². The van der Waals surface area contributed by atoms with Crippen LogP contribution in [0.4, 0.5) is 0 Å². The lowest BCUT2D eigenvalue weighted by atomic mass is 10.0. The lowest BCUT2D eigenvalue weighted by Gasteiger charge is -2.29. The average Bonchev–Trinajstić information content (AvgIpc) is 3.46. The molecule has 1 N–H and O–H groups in total. The minimum absolute atomic E-state index is 0.117. The third kappa shape index (κ3) is 28.6. The van der Waals surface area contributed by atoms with E-state index in [4.69, 9.17) is 14.2 Å². The molecule has 2 atom stereocenters. The lowest BCUT2D eigenvalue weighted by Crippen LogP contribution is -2.35. The Morgan fingerprint density at radius 1 is 0.604 bits per heavy atom. The summed E-state index contributed by atoms with van der Waals surface area (Å²) in [6.45, 7) is 8.08. The van der Waals surface area contributed by atoms with Gasteiger partial charge in [0.05, 0.1) is 18.8 Å². The van der Waals surface area contributed by atoms with Gasteiger partial charge in [-0.15, -0.1) is 0 Å². The smallest absolute Gasteiger partial charge is 0.280 e. The third-order valence-electron chi connectivity index (χ3n) is 9.46. The van der Waals surface area contributed by atoms with Crippen LogP contribution in [0.1, 0.15) is 194 Å². The maximum absolute atomic E-state index is 6.57. The summed E-state index contributed by atoms with van der Waals surface area (Å²) in [5, 5.41) is 3.22. The summed E-state index contributed by atoms with van der Waals surface area (Å²) < 4.78 is 18.9. The number of hydrogen-bond donors (Lipinski definition) is 1. The minimum atomic E-state index is -0.889. The van der Waals surface area contributed by atoms with Crippen LogP contribution in [0.15, 0.2) is 48.6 Å². The van der Waals surface area contributed by atoms with E-state index in [0.29, 0.717) is 6.61 Å². The molecule has 1 saturated heterocycles. The van der Waals surface area contributed by atoms with E-state index < -0.39 is 5.97 Å². The van der Waals surface area contributed by atoms with Crippen molar-refractivity contribution in [2.24, 2.45) is 0 Å². The van der Waals surface area contributed by atoms with Gasteiger partial charge in [0.1, 0.15) is 0 Å². The molecule has 1 rings (SSSR count). The zero-order valence-electron chi connectivity index (χ0n) is 32.5. The van der Waals surface area contributed by atoms with Gasteiger partial charge in [0, 0.05) is 6.92 Å². The van der Waals surface area contributed by atoms with Crippen molar-refractivity contribution in [2.75, 3.05) is 20.2 Å². The van der Waals surface area contributed by atoms with Crippen LogP contribution in [0.3, 0.4) is 0 Å². The highest BCUT2D eigenvalue weighted by molar-refractivity contribution is 4.93. The maximum Gasteiger partial charge on any atom is 0.280 e. The Labute approximate surface area is 300 Å². The molecule has 2 unspecified atom stereocenters. The molecule has 4 nitrogen and oxygen atoms in total. The normalized spacial score (nSPS) is 18.7. The average molecular weight is 672 g/mol. The minimum Gasteiger partial charge on any atom is -0.325 e. The van der Waals surface area contributed by atoms with E-state index >= 15 is 0 Å². The van der Waals surface area contributed by atoms with Gasteiger partial charge in [0.2, 0.25) is 0 Å². The molecule has 0 aromatic carbocycles. The van der Waals surface area contributed by atoms with Crippen molar-refractivity contribution in [1.29, 1.82) is 0 Å². The molecule has 280 valence electrons. The van der Waals surface area contributed by atoms with Crippen LogP contribution in [-0.2, 0) is 14.2 Å². The first-order chi connectivity index (χ1) is 23.6. The Kier molecular flexibility index (Phi) is 32.0. The molecule has 0 radical (unpaired) electrons. The Balaban J connectivity index is 2.21. The van der Waals surface area contributed by atoms with Crippen molar-refractivity contribution in [3.63, 3.8) is 0 Å². The Morgan fingerprint density at radius 2 is 1.02 bits per heavy atom. The van der Waals surface area contributed by atoms with Crippen LogP contribution in [0, 0.1) is 0 Å².